The zero-order valence-electron chi connectivity index (χ0n) is 18.8. The first-order chi connectivity index (χ1) is 15.9. The van der Waals surface area contributed by atoms with E-state index >= 15 is 0 Å². The molecule has 0 atom stereocenters. The molecule has 0 aliphatic carbocycles. The molecule has 170 valence electrons. The summed E-state index contributed by atoms with van der Waals surface area (Å²) in [7, 11) is 4.39. The molecule has 33 heavy (non-hydrogen) atoms. The fourth-order valence-corrected chi connectivity index (χ4v) is 3.50. The third-order valence-electron chi connectivity index (χ3n) is 5.17. The van der Waals surface area contributed by atoms with Gasteiger partial charge in [0.25, 0.3) is 0 Å². The molecule has 0 spiro atoms. The Kier molecular flexibility index (Phi) is 5.83. The zero-order valence-corrected chi connectivity index (χ0v) is 18.8. The average Bonchev–Trinajstić information content (AvgIpc) is 3.37. The van der Waals surface area contributed by atoms with Crippen molar-refractivity contribution >= 4 is 17.8 Å². The average molecular weight is 450 g/mol. The van der Waals surface area contributed by atoms with Gasteiger partial charge in [0.15, 0.2) is 17.3 Å². The molecule has 8 heteroatoms. The summed E-state index contributed by atoms with van der Waals surface area (Å²) in [5.41, 5.74) is 1.10. The zero-order chi connectivity index (χ0) is 23.7. The van der Waals surface area contributed by atoms with Gasteiger partial charge in [-0.2, -0.15) is 0 Å². The highest BCUT2D eigenvalue weighted by molar-refractivity contribution is 6.14. The molecule has 3 aromatic rings. The van der Waals surface area contributed by atoms with Crippen LogP contribution in [-0.2, 0) is 0 Å². The summed E-state index contributed by atoms with van der Waals surface area (Å²) in [6.45, 7) is 3.52. The second-order valence-electron chi connectivity index (χ2n) is 7.26. The van der Waals surface area contributed by atoms with Gasteiger partial charge in [-0.05, 0) is 50.2 Å². The van der Waals surface area contributed by atoms with Crippen molar-refractivity contribution in [2.45, 2.75) is 13.8 Å². The van der Waals surface area contributed by atoms with Crippen LogP contribution in [0.3, 0.4) is 0 Å². The largest absolute Gasteiger partial charge is 0.493 e. The number of rotatable bonds is 6. The number of Topliss-reactive ketones (excluding diaryl/α,β-unsaturated/α-hetero) is 1. The molecule has 0 saturated carbocycles. The molecule has 4 rings (SSSR count). The molecule has 0 amide bonds. The first-order valence-electron chi connectivity index (χ1n) is 10.0. The van der Waals surface area contributed by atoms with E-state index in [2.05, 4.69) is 0 Å². The van der Waals surface area contributed by atoms with Crippen LogP contribution in [0.5, 0.6) is 28.7 Å². The van der Waals surface area contributed by atoms with E-state index in [1.165, 1.54) is 39.5 Å². The van der Waals surface area contributed by atoms with Gasteiger partial charge in [-0.3, -0.25) is 4.79 Å². The quantitative estimate of drug-likeness (QED) is 0.302. The highest BCUT2D eigenvalue weighted by atomic mass is 16.5. The number of fused-ring (bicyclic) bond motifs is 1. The van der Waals surface area contributed by atoms with Crippen molar-refractivity contribution in [3.05, 3.63) is 70.4 Å². The minimum Gasteiger partial charge on any atom is -0.493 e. The molecule has 1 aliphatic rings. The van der Waals surface area contributed by atoms with E-state index in [1.807, 2.05) is 6.92 Å². The molecule has 2 heterocycles. The number of hydrogen-bond acceptors (Lipinski definition) is 8. The molecule has 0 unspecified atom stereocenters. The van der Waals surface area contributed by atoms with Crippen LogP contribution >= 0.6 is 0 Å². The number of benzene rings is 2. The summed E-state index contributed by atoms with van der Waals surface area (Å²) in [5, 5.41) is 0. The summed E-state index contributed by atoms with van der Waals surface area (Å²) in [5.74, 6) is 2.07. The highest BCUT2D eigenvalue weighted by Gasteiger charge is 2.31. The molecule has 1 aromatic heterocycles. The number of aryl methyl sites for hydroxylation is 1. The van der Waals surface area contributed by atoms with Crippen molar-refractivity contribution < 1.29 is 37.7 Å². The maximum atomic E-state index is 12.9. The number of allylic oxidation sites excluding steroid dienone is 1. The molecular weight excluding hydrogens is 428 g/mol. The summed E-state index contributed by atoms with van der Waals surface area (Å²) in [4.78, 5) is 25.6. The first kappa shape index (κ1) is 22.0. The van der Waals surface area contributed by atoms with Crippen LogP contribution in [0.25, 0.3) is 6.08 Å². The molecule has 1 aliphatic heterocycles. The van der Waals surface area contributed by atoms with Crippen LogP contribution in [0, 0.1) is 13.8 Å². The standard InChI is InChI=1S/C25H22O8/c1-13-6-7-16(31-13)12-19-22(26)17-8-9-18(14(2)23(17)32-19)33-25(27)15-10-20(28-3)24(30-5)21(11-15)29-4/h6-12H,1-5H3/b19-12-. The fraction of sp³-hybridized carbons (Fsp3) is 0.200. The number of esters is 1. The molecular formula is C25H22O8. The van der Waals surface area contributed by atoms with Gasteiger partial charge in [0.1, 0.15) is 23.0 Å². The normalized spacial score (nSPS) is 13.5. The molecule has 2 aromatic carbocycles. The van der Waals surface area contributed by atoms with Crippen molar-refractivity contribution in [3.8, 4) is 28.7 Å². The Bertz CT molecular complexity index is 1260. The van der Waals surface area contributed by atoms with Crippen LogP contribution < -0.4 is 23.7 Å². The lowest BCUT2D eigenvalue weighted by atomic mass is 10.1. The third-order valence-corrected chi connectivity index (χ3v) is 5.17. The highest BCUT2D eigenvalue weighted by Crippen LogP contribution is 2.41. The number of ether oxygens (including phenoxy) is 5. The second kappa shape index (κ2) is 8.74. The van der Waals surface area contributed by atoms with E-state index in [4.69, 9.17) is 28.1 Å². The van der Waals surface area contributed by atoms with E-state index < -0.39 is 5.97 Å². The number of carbonyl (C=O) groups is 2. The van der Waals surface area contributed by atoms with Crippen molar-refractivity contribution in [2.75, 3.05) is 21.3 Å². The lowest BCUT2D eigenvalue weighted by molar-refractivity contribution is 0.0732. The topological polar surface area (TPSA) is 93.4 Å². The molecule has 0 radical (unpaired) electrons. The van der Waals surface area contributed by atoms with Crippen molar-refractivity contribution in [1.29, 1.82) is 0 Å². The summed E-state index contributed by atoms with van der Waals surface area (Å²) in [6.07, 6.45) is 1.54. The van der Waals surface area contributed by atoms with E-state index in [9.17, 15) is 9.59 Å². The van der Waals surface area contributed by atoms with E-state index in [1.54, 1.807) is 31.2 Å². The predicted molar refractivity (Wildman–Crippen MR) is 119 cm³/mol. The lowest BCUT2D eigenvalue weighted by Gasteiger charge is -2.14. The van der Waals surface area contributed by atoms with Gasteiger partial charge in [0.2, 0.25) is 11.5 Å². The van der Waals surface area contributed by atoms with Gasteiger partial charge in [-0.15, -0.1) is 0 Å². The molecule has 8 nitrogen and oxygen atoms in total. The van der Waals surface area contributed by atoms with Gasteiger partial charge in [0, 0.05) is 11.6 Å². The Morgan fingerprint density at radius 1 is 0.909 bits per heavy atom. The van der Waals surface area contributed by atoms with Crippen LogP contribution in [-0.4, -0.2) is 33.1 Å². The summed E-state index contributed by atoms with van der Waals surface area (Å²) < 4.78 is 32.8. The van der Waals surface area contributed by atoms with Gasteiger partial charge < -0.3 is 28.1 Å². The Hall–Kier alpha value is -4.20. The van der Waals surface area contributed by atoms with Gasteiger partial charge in [-0.1, -0.05) is 0 Å². The maximum absolute atomic E-state index is 12.9. The van der Waals surface area contributed by atoms with Gasteiger partial charge in [-0.25, -0.2) is 4.79 Å². The molecule has 0 bridgehead atoms. The van der Waals surface area contributed by atoms with Crippen LogP contribution in [0.1, 0.15) is 37.8 Å². The van der Waals surface area contributed by atoms with Gasteiger partial charge in [0.05, 0.1) is 32.5 Å². The van der Waals surface area contributed by atoms with Crippen LogP contribution in [0.2, 0.25) is 0 Å². The maximum Gasteiger partial charge on any atom is 0.343 e. The lowest BCUT2D eigenvalue weighted by Crippen LogP contribution is -2.10. The number of furan rings is 1. The van der Waals surface area contributed by atoms with Crippen LogP contribution in [0.4, 0.5) is 0 Å². The number of methoxy groups -OCH3 is 3. The molecule has 0 saturated heterocycles. The number of hydrogen-bond donors (Lipinski definition) is 0. The van der Waals surface area contributed by atoms with E-state index in [-0.39, 0.29) is 22.9 Å². The third kappa shape index (κ3) is 4.03. The fourth-order valence-electron chi connectivity index (χ4n) is 3.50. The summed E-state index contributed by atoms with van der Waals surface area (Å²) >= 11 is 0. The Labute approximate surface area is 190 Å². The monoisotopic (exact) mass is 450 g/mol. The predicted octanol–water partition coefficient (Wildman–Crippen LogP) is 4.76. The molecule has 0 fully saturated rings. The van der Waals surface area contributed by atoms with E-state index in [0.29, 0.717) is 39.9 Å². The van der Waals surface area contributed by atoms with Crippen LogP contribution in [0.15, 0.2) is 46.6 Å². The Morgan fingerprint density at radius 2 is 1.61 bits per heavy atom. The molecule has 0 N–H and O–H groups in total. The minimum absolute atomic E-state index is 0.135. The van der Waals surface area contributed by atoms with Crippen molar-refractivity contribution in [1.82, 2.24) is 0 Å². The Morgan fingerprint density at radius 3 is 2.18 bits per heavy atom. The van der Waals surface area contributed by atoms with Crippen molar-refractivity contribution in [2.24, 2.45) is 0 Å². The van der Waals surface area contributed by atoms with Crippen molar-refractivity contribution in [3.63, 3.8) is 0 Å². The number of ketones is 1. The second-order valence-corrected chi connectivity index (χ2v) is 7.26. The Balaban J connectivity index is 1.62. The smallest absolute Gasteiger partial charge is 0.343 e. The number of carbonyl (C=O) groups excluding carboxylic acids is 2. The van der Waals surface area contributed by atoms with Gasteiger partial charge >= 0.3 is 5.97 Å². The SMILES string of the molecule is COc1cc(C(=O)Oc2ccc3c(c2C)O/C(=C\c2ccc(C)o2)C3=O)cc(OC)c1OC. The summed E-state index contributed by atoms with van der Waals surface area (Å²) in [6, 6.07) is 9.67. The van der Waals surface area contributed by atoms with E-state index in [0.717, 1.165) is 5.76 Å². The minimum atomic E-state index is -0.636. The first-order valence-corrected chi connectivity index (χ1v) is 10.0.